The molecule has 0 atom stereocenters. The van der Waals surface area contributed by atoms with Gasteiger partial charge in [-0.3, -0.25) is 9.59 Å². The molecule has 2 amide bonds. The third-order valence-corrected chi connectivity index (χ3v) is 5.38. The van der Waals surface area contributed by atoms with E-state index in [1.165, 1.54) is 0 Å². The Morgan fingerprint density at radius 3 is 2.24 bits per heavy atom. The van der Waals surface area contributed by atoms with Crippen LogP contribution in [-0.4, -0.2) is 42.4 Å². The van der Waals surface area contributed by atoms with Crippen LogP contribution in [-0.2, 0) is 9.59 Å². The molecule has 1 saturated heterocycles. The van der Waals surface area contributed by atoms with Gasteiger partial charge >= 0.3 is 0 Å². The third-order valence-electron chi connectivity index (χ3n) is 5.38. The topological polar surface area (TPSA) is 75.4 Å². The lowest BCUT2D eigenvalue weighted by Crippen LogP contribution is -2.53. The number of nitrogens with two attached hydrogens (primary N) is 1. The summed E-state index contributed by atoms with van der Waals surface area (Å²) in [6.07, 6.45) is 5.69. The van der Waals surface area contributed by atoms with Gasteiger partial charge in [0.2, 0.25) is 11.8 Å². The molecule has 0 radical (unpaired) electrons. The Morgan fingerprint density at radius 1 is 1.19 bits per heavy atom. The number of nitrogens with one attached hydrogen (secondary N) is 1. The van der Waals surface area contributed by atoms with Crippen molar-refractivity contribution in [3.05, 3.63) is 0 Å². The molecule has 0 spiro atoms. The van der Waals surface area contributed by atoms with E-state index in [4.69, 9.17) is 5.73 Å². The molecule has 5 nitrogen and oxygen atoms in total. The first-order valence-corrected chi connectivity index (χ1v) is 8.23. The smallest absolute Gasteiger partial charge is 0.227 e. The normalized spacial score (nSPS) is 31.0. The highest BCUT2D eigenvalue weighted by atomic mass is 16.2. The highest BCUT2D eigenvalue weighted by Crippen LogP contribution is 2.38. The van der Waals surface area contributed by atoms with Gasteiger partial charge in [-0.05, 0) is 44.4 Å². The lowest BCUT2D eigenvalue weighted by Gasteiger charge is -2.39. The number of carbonyl (C=O) groups excluding carboxylic acids is 2. The zero-order chi connectivity index (χ0) is 15.5. The van der Waals surface area contributed by atoms with Gasteiger partial charge in [-0.1, -0.05) is 6.92 Å². The number of rotatable bonds is 3. The fraction of sp³-hybridized carbons (Fsp3) is 0.875. The second kappa shape index (κ2) is 6.77. The van der Waals surface area contributed by atoms with Gasteiger partial charge in [-0.25, -0.2) is 0 Å². The highest BCUT2D eigenvalue weighted by Gasteiger charge is 2.40. The summed E-state index contributed by atoms with van der Waals surface area (Å²) in [6, 6.07) is 0.191. The van der Waals surface area contributed by atoms with Crippen LogP contribution < -0.4 is 11.1 Å². The Morgan fingerprint density at radius 2 is 1.76 bits per heavy atom. The molecule has 1 aliphatic carbocycles. The Labute approximate surface area is 127 Å². The maximum atomic E-state index is 12.7. The van der Waals surface area contributed by atoms with E-state index < -0.39 is 0 Å². The molecule has 0 aromatic rings. The van der Waals surface area contributed by atoms with E-state index in [1.54, 1.807) is 6.92 Å². The number of likely N-dealkylation sites (tertiary alicyclic amines) is 1. The Hall–Kier alpha value is -1.10. The van der Waals surface area contributed by atoms with Crippen LogP contribution in [0.4, 0.5) is 0 Å². The third kappa shape index (κ3) is 3.76. The zero-order valence-electron chi connectivity index (χ0n) is 13.4. The molecule has 120 valence electrons. The molecule has 21 heavy (non-hydrogen) atoms. The Bertz CT molecular complexity index is 381. The van der Waals surface area contributed by atoms with Crippen LogP contribution >= 0.6 is 0 Å². The fourth-order valence-electron chi connectivity index (χ4n) is 3.52. The van der Waals surface area contributed by atoms with Crippen molar-refractivity contribution in [1.82, 2.24) is 10.2 Å². The molecule has 1 heterocycles. The highest BCUT2D eigenvalue weighted by molar-refractivity contribution is 5.83. The maximum Gasteiger partial charge on any atom is 0.227 e. The number of nitrogens with zero attached hydrogens (tertiary/aromatic N) is 1. The molecule has 5 heteroatoms. The molecule has 1 aliphatic heterocycles. The van der Waals surface area contributed by atoms with Crippen molar-refractivity contribution in [3.63, 3.8) is 0 Å². The monoisotopic (exact) mass is 295 g/mol. The van der Waals surface area contributed by atoms with E-state index in [0.29, 0.717) is 12.5 Å². The average molecular weight is 295 g/mol. The molecule has 0 bridgehead atoms. The molecular weight excluding hydrogens is 266 g/mol. The first-order chi connectivity index (χ1) is 9.97. The summed E-state index contributed by atoms with van der Waals surface area (Å²) in [4.78, 5) is 25.8. The molecule has 3 N–H and O–H groups in total. The lowest BCUT2D eigenvalue weighted by molar-refractivity contribution is -0.134. The zero-order valence-corrected chi connectivity index (χ0v) is 13.4. The van der Waals surface area contributed by atoms with E-state index >= 15 is 0 Å². The molecule has 1 saturated carbocycles. The summed E-state index contributed by atoms with van der Waals surface area (Å²) in [5, 5.41) is 3.20. The van der Waals surface area contributed by atoms with Crippen molar-refractivity contribution >= 4 is 11.8 Å². The Balaban J connectivity index is 1.87. The van der Waals surface area contributed by atoms with E-state index in [2.05, 4.69) is 12.2 Å². The van der Waals surface area contributed by atoms with E-state index in [9.17, 15) is 9.59 Å². The van der Waals surface area contributed by atoms with Crippen LogP contribution in [0.2, 0.25) is 0 Å². The van der Waals surface area contributed by atoms with Gasteiger partial charge in [0, 0.05) is 32.6 Å². The van der Waals surface area contributed by atoms with Crippen LogP contribution in [0.25, 0.3) is 0 Å². The van der Waals surface area contributed by atoms with Gasteiger partial charge < -0.3 is 16.0 Å². The van der Waals surface area contributed by atoms with Gasteiger partial charge in [0.15, 0.2) is 0 Å². The minimum absolute atomic E-state index is 0.125. The maximum absolute atomic E-state index is 12.7. The summed E-state index contributed by atoms with van der Waals surface area (Å²) in [6.45, 7) is 5.78. The predicted octanol–water partition coefficient (Wildman–Crippen LogP) is 1.27. The van der Waals surface area contributed by atoms with Crippen molar-refractivity contribution in [3.8, 4) is 0 Å². The average Bonchev–Trinajstić information content (AvgIpc) is 2.49. The number of amides is 2. The van der Waals surface area contributed by atoms with Crippen molar-refractivity contribution in [1.29, 1.82) is 0 Å². The molecule has 2 aliphatic rings. The van der Waals surface area contributed by atoms with Crippen molar-refractivity contribution < 1.29 is 9.59 Å². The summed E-state index contributed by atoms with van der Waals surface area (Å²) in [7, 11) is 0. The number of hydrogen-bond donors (Lipinski definition) is 2. The second-order valence-corrected chi connectivity index (χ2v) is 6.92. The van der Waals surface area contributed by atoms with Crippen LogP contribution in [0.1, 0.15) is 52.4 Å². The number of hydrogen-bond acceptors (Lipinski definition) is 3. The van der Waals surface area contributed by atoms with Gasteiger partial charge in [-0.2, -0.15) is 0 Å². The molecule has 0 unspecified atom stereocenters. The van der Waals surface area contributed by atoms with E-state index in [1.807, 2.05) is 4.90 Å². The SMILES string of the molecule is CC(=O)N1CCC(NC(=O)C2(CN)CCC(C)CC2)CC1. The summed E-state index contributed by atoms with van der Waals surface area (Å²) < 4.78 is 0. The quantitative estimate of drug-likeness (QED) is 0.823. The van der Waals surface area contributed by atoms with Gasteiger partial charge in [0.05, 0.1) is 5.41 Å². The lowest BCUT2D eigenvalue weighted by atomic mass is 9.70. The minimum atomic E-state index is -0.357. The van der Waals surface area contributed by atoms with Gasteiger partial charge in [-0.15, -0.1) is 0 Å². The first kappa shape index (κ1) is 16.3. The number of carbonyl (C=O) groups is 2. The van der Waals surface area contributed by atoms with Crippen LogP contribution in [0.3, 0.4) is 0 Å². The van der Waals surface area contributed by atoms with Gasteiger partial charge in [0.25, 0.3) is 0 Å². The van der Waals surface area contributed by atoms with Crippen molar-refractivity contribution in [2.24, 2.45) is 17.1 Å². The fourth-order valence-corrected chi connectivity index (χ4v) is 3.52. The van der Waals surface area contributed by atoms with E-state index in [-0.39, 0.29) is 23.3 Å². The van der Waals surface area contributed by atoms with Crippen LogP contribution in [0, 0.1) is 11.3 Å². The predicted molar refractivity (Wildman–Crippen MR) is 82.5 cm³/mol. The van der Waals surface area contributed by atoms with Crippen molar-refractivity contribution in [2.75, 3.05) is 19.6 Å². The largest absolute Gasteiger partial charge is 0.353 e. The summed E-state index contributed by atoms with van der Waals surface area (Å²) in [5.41, 5.74) is 5.58. The Kier molecular flexibility index (Phi) is 5.25. The standard InChI is InChI=1S/C16H29N3O2/c1-12-3-7-16(11-17,8-4-12)15(21)18-14-5-9-19(10-6-14)13(2)20/h12,14H,3-11,17H2,1-2H3,(H,18,21). The molecular formula is C16H29N3O2. The molecule has 0 aromatic heterocycles. The van der Waals surface area contributed by atoms with Crippen LogP contribution in [0.5, 0.6) is 0 Å². The minimum Gasteiger partial charge on any atom is -0.353 e. The molecule has 2 fully saturated rings. The molecule has 2 rings (SSSR count). The summed E-state index contributed by atoms with van der Waals surface area (Å²) in [5.74, 6) is 0.967. The van der Waals surface area contributed by atoms with Crippen molar-refractivity contribution in [2.45, 2.75) is 58.4 Å². The molecule has 0 aromatic carbocycles. The second-order valence-electron chi connectivity index (χ2n) is 6.92. The first-order valence-electron chi connectivity index (χ1n) is 8.23. The summed E-state index contributed by atoms with van der Waals surface area (Å²) >= 11 is 0. The number of piperidine rings is 1. The van der Waals surface area contributed by atoms with Gasteiger partial charge in [0.1, 0.15) is 0 Å². The van der Waals surface area contributed by atoms with Crippen LogP contribution in [0.15, 0.2) is 0 Å². The van der Waals surface area contributed by atoms with E-state index in [0.717, 1.165) is 51.6 Å².